The molecule has 0 amide bonds. The summed E-state index contributed by atoms with van der Waals surface area (Å²) in [4.78, 5) is 26.0. The number of piperidine rings is 1. The van der Waals surface area contributed by atoms with Crippen LogP contribution in [0.3, 0.4) is 0 Å². The molecule has 22 heavy (non-hydrogen) atoms. The topological polar surface area (TPSA) is 57.6 Å². The van der Waals surface area contributed by atoms with Crippen molar-refractivity contribution in [1.29, 1.82) is 0 Å². The maximum absolute atomic E-state index is 12.6. The predicted molar refractivity (Wildman–Crippen MR) is 85.9 cm³/mol. The lowest BCUT2D eigenvalue weighted by molar-refractivity contribution is -0.138. The third-order valence-corrected chi connectivity index (χ3v) is 4.27. The van der Waals surface area contributed by atoms with E-state index in [4.69, 9.17) is 5.11 Å². The van der Waals surface area contributed by atoms with Gasteiger partial charge in [-0.15, -0.1) is 0 Å². The van der Waals surface area contributed by atoms with E-state index in [9.17, 15) is 9.59 Å². The van der Waals surface area contributed by atoms with Gasteiger partial charge < -0.3 is 10.0 Å². The number of Topliss-reactive ketones (excluding diaryl/α,β-unsaturated/α-hetero) is 1. The van der Waals surface area contributed by atoms with E-state index >= 15 is 0 Å². The summed E-state index contributed by atoms with van der Waals surface area (Å²) in [6.45, 7) is 6.86. The van der Waals surface area contributed by atoms with Crippen LogP contribution in [0, 0.1) is 17.8 Å². The second kappa shape index (κ2) is 7.54. The summed E-state index contributed by atoms with van der Waals surface area (Å²) in [5.41, 5.74) is 0.604. The van der Waals surface area contributed by atoms with Gasteiger partial charge in [-0.3, -0.25) is 9.59 Å². The number of carbonyl (C=O) groups excluding carboxylic acids is 1. The van der Waals surface area contributed by atoms with Gasteiger partial charge in [0.1, 0.15) is 0 Å². The van der Waals surface area contributed by atoms with Crippen molar-refractivity contribution in [1.82, 2.24) is 4.90 Å². The van der Waals surface area contributed by atoms with Crippen molar-refractivity contribution in [2.45, 2.75) is 26.7 Å². The van der Waals surface area contributed by atoms with Crippen LogP contribution in [0.15, 0.2) is 30.3 Å². The average Bonchev–Trinajstić information content (AvgIpc) is 2.45. The Bertz CT molecular complexity index is 504. The van der Waals surface area contributed by atoms with E-state index in [-0.39, 0.29) is 12.2 Å². The number of aliphatic carboxylic acids is 1. The molecule has 1 aliphatic rings. The van der Waals surface area contributed by atoms with Gasteiger partial charge in [0.2, 0.25) is 0 Å². The molecule has 1 fully saturated rings. The monoisotopic (exact) mass is 303 g/mol. The first-order valence-corrected chi connectivity index (χ1v) is 7.99. The molecule has 0 spiro atoms. The predicted octanol–water partition coefficient (Wildman–Crippen LogP) is 2.94. The highest BCUT2D eigenvalue weighted by atomic mass is 16.4. The first-order valence-electron chi connectivity index (χ1n) is 7.99. The second-order valence-corrected chi connectivity index (χ2v) is 6.69. The summed E-state index contributed by atoms with van der Waals surface area (Å²) in [5, 5.41) is 9.14. The smallest absolute Gasteiger partial charge is 0.304 e. The standard InChI is InChI=1S/C18H25NO3/c1-13-8-14(2)11-19(10-13)12-16(9-17(20)21)18(22)15-6-4-3-5-7-15/h3-7,13-14,16H,8-12H2,1-2H3,(H,20,21). The Labute approximate surface area is 132 Å². The Morgan fingerprint density at radius 2 is 1.77 bits per heavy atom. The lowest BCUT2D eigenvalue weighted by Gasteiger charge is -2.36. The first-order chi connectivity index (χ1) is 10.5. The number of carboxylic acids is 1. The molecule has 4 heteroatoms. The SMILES string of the molecule is CC1CC(C)CN(CC(CC(=O)O)C(=O)c2ccccc2)C1. The van der Waals surface area contributed by atoms with Gasteiger partial charge in [-0.1, -0.05) is 44.2 Å². The molecule has 3 unspecified atom stereocenters. The van der Waals surface area contributed by atoms with Gasteiger partial charge in [-0.05, 0) is 18.3 Å². The quantitative estimate of drug-likeness (QED) is 0.821. The molecular weight excluding hydrogens is 278 g/mol. The van der Waals surface area contributed by atoms with Crippen LogP contribution in [0.25, 0.3) is 0 Å². The third-order valence-electron chi connectivity index (χ3n) is 4.27. The van der Waals surface area contributed by atoms with E-state index in [0.29, 0.717) is 23.9 Å². The molecular formula is C18H25NO3. The van der Waals surface area contributed by atoms with Gasteiger partial charge in [0.05, 0.1) is 6.42 Å². The number of nitrogens with zero attached hydrogens (tertiary/aromatic N) is 1. The molecule has 1 aromatic carbocycles. The van der Waals surface area contributed by atoms with Gasteiger partial charge in [0.25, 0.3) is 0 Å². The van der Waals surface area contributed by atoms with E-state index < -0.39 is 11.9 Å². The van der Waals surface area contributed by atoms with Gasteiger partial charge in [0.15, 0.2) is 5.78 Å². The number of likely N-dealkylation sites (tertiary alicyclic amines) is 1. The second-order valence-electron chi connectivity index (χ2n) is 6.69. The summed E-state index contributed by atoms with van der Waals surface area (Å²) in [6, 6.07) is 9.01. The number of hydrogen-bond acceptors (Lipinski definition) is 3. The van der Waals surface area contributed by atoms with E-state index in [0.717, 1.165) is 13.1 Å². The fourth-order valence-electron chi connectivity index (χ4n) is 3.54. The summed E-state index contributed by atoms with van der Waals surface area (Å²) in [6.07, 6.45) is 1.10. The van der Waals surface area contributed by atoms with Gasteiger partial charge in [0, 0.05) is 31.1 Å². The normalized spacial score (nSPS) is 23.9. The zero-order valence-electron chi connectivity index (χ0n) is 13.4. The van der Waals surface area contributed by atoms with Crippen molar-refractivity contribution in [2.24, 2.45) is 17.8 Å². The average molecular weight is 303 g/mol. The molecule has 120 valence electrons. The summed E-state index contributed by atoms with van der Waals surface area (Å²) < 4.78 is 0. The van der Waals surface area contributed by atoms with Crippen LogP contribution in [0.4, 0.5) is 0 Å². The zero-order chi connectivity index (χ0) is 16.1. The maximum atomic E-state index is 12.6. The van der Waals surface area contributed by atoms with Gasteiger partial charge >= 0.3 is 5.97 Å². The van der Waals surface area contributed by atoms with Crippen LogP contribution < -0.4 is 0 Å². The van der Waals surface area contributed by atoms with E-state index in [1.807, 2.05) is 18.2 Å². The molecule has 1 saturated heterocycles. The van der Waals surface area contributed by atoms with Crippen molar-refractivity contribution in [3.05, 3.63) is 35.9 Å². The third kappa shape index (κ3) is 4.67. The molecule has 0 saturated carbocycles. The Kier molecular flexibility index (Phi) is 5.72. The zero-order valence-corrected chi connectivity index (χ0v) is 13.4. The fourth-order valence-corrected chi connectivity index (χ4v) is 3.54. The van der Waals surface area contributed by atoms with Crippen LogP contribution in [0.2, 0.25) is 0 Å². The largest absolute Gasteiger partial charge is 0.481 e. The van der Waals surface area contributed by atoms with Crippen molar-refractivity contribution in [3.63, 3.8) is 0 Å². The summed E-state index contributed by atoms with van der Waals surface area (Å²) >= 11 is 0. The van der Waals surface area contributed by atoms with Crippen molar-refractivity contribution < 1.29 is 14.7 Å². The van der Waals surface area contributed by atoms with Crippen LogP contribution in [-0.2, 0) is 4.79 Å². The molecule has 0 bridgehead atoms. The van der Waals surface area contributed by atoms with Crippen molar-refractivity contribution >= 4 is 11.8 Å². The molecule has 0 radical (unpaired) electrons. The maximum Gasteiger partial charge on any atom is 0.304 e. The highest BCUT2D eigenvalue weighted by molar-refractivity contribution is 5.99. The number of hydrogen-bond donors (Lipinski definition) is 1. The summed E-state index contributed by atoms with van der Waals surface area (Å²) in [7, 11) is 0. The highest BCUT2D eigenvalue weighted by Gasteiger charge is 2.29. The molecule has 2 rings (SSSR count). The van der Waals surface area contributed by atoms with Crippen molar-refractivity contribution in [3.8, 4) is 0 Å². The minimum Gasteiger partial charge on any atom is -0.481 e. The number of rotatable bonds is 6. The number of carboxylic acid groups (broad SMARTS) is 1. The molecule has 1 heterocycles. The molecule has 1 aliphatic heterocycles. The van der Waals surface area contributed by atoms with E-state index in [1.54, 1.807) is 12.1 Å². The van der Waals surface area contributed by atoms with Crippen molar-refractivity contribution in [2.75, 3.05) is 19.6 Å². The van der Waals surface area contributed by atoms with Crippen LogP contribution in [0.1, 0.15) is 37.0 Å². The Hall–Kier alpha value is -1.68. The van der Waals surface area contributed by atoms with Crippen LogP contribution in [0.5, 0.6) is 0 Å². The number of carbonyl (C=O) groups is 2. The molecule has 1 N–H and O–H groups in total. The highest BCUT2D eigenvalue weighted by Crippen LogP contribution is 2.23. The van der Waals surface area contributed by atoms with Gasteiger partial charge in [-0.25, -0.2) is 0 Å². The fraction of sp³-hybridized carbons (Fsp3) is 0.556. The number of ketones is 1. The minimum atomic E-state index is -0.910. The van der Waals surface area contributed by atoms with E-state index in [1.165, 1.54) is 6.42 Å². The van der Waals surface area contributed by atoms with Crippen LogP contribution in [-0.4, -0.2) is 41.4 Å². The first kappa shape index (κ1) is 16.7. The minimum absolute atomic E-state index is 0.0612. The molecule has 0 aliphatic carbocycles. The lowest BCUT2D eigenvalue weighted by Crippen LogP contribution is -2.43. The molecule has 4 nitrogen and oxygen atoms in total. The van der Waals surface area contributed by atoms with Crippen LogP contribution >= 0.6 is 0 Å². The molecule has 1 aromatic rings. The molecule has 3 atom stereocenters. The molecule has 0 aromatic heterocycles. The summed E-state index contributed by atoms with van der Waals surface area (Å²) in [5.74, 6) is -0.249. The van der Waals surface area contributed by atoms with Gasteiger partial charge in [-0.2, -0.15) is 0 Å². The Morgan fingerprint density at radius 1 is 1.18 bits per heavy atom. The Morgan fingerprint density at radius 3 is 2.32 bits per heavy atom. The van der Waals surface area contributed by atoms with E-state index in [2.05, 4.69) is 18.7 Å². The Balaban J connectivity index is 2.09. The number of benzene rings is 1. The lowest BCUT2D eigenvalue weighted by atomic mass is 9.89.